The van der Waals surface area contributed by atoms with Gasteiger partial charge in [0.05, 0.1) is 12.7 Å². The van der Waals surface area contributed by atoms with E-state index in [1.54, 1.807) is 6.20 Å². The maximum Gasteiger partial charge on any atom is 0.213 e. The summed E-state index contributed by atoms with van der Waals surface area (Å²) in [7, 11) is 1.85. The molecule has 0 aliphatic carbocycles. The molecule has 2 N–H and O–H groups in total. The van der Waals surface area contributed by atoms with Crippen molar-refractivity contribution in [1.82, 2.24) is 15.0 Å². The highest BCUT2D eigenvalue weighted by molar-refractivity contribution is 5.56. The van der Waals surface area contributed by atoms with E-state index in [1.165, 1.54) is 0 Å². The number of aryl methyl sites for hydroxylation is 2. The first kappa shape index (κ1) is 13.3. The van der Waals surface area contributed by atoms with Gasteiger partial charge in [-0.2, -0.15) is 0 Å². The van der Waals surface area contributed by atoms with Gasteiger partial charge in [0.1, 0.15) is 23.2 Å². The average molecular weight is 261 g/mol. The van der Waals surface area contributed by atoms with Crippen molar-refractivity contribution in [2.75, 3.05) is 17.7 Å². The Morgan fingerprint density at radius 2 is 1.95 bits per heavy atom. The van der Waals surface area contributed by atoms with Gasteiger partial charge < -0.3 is 15.1 Å². The van der Waals surface area contributed by atoms with Crippen LogP contribution < -0.4 is 10.6 Å². The zero-order valence-corrected chi connectivity index (χ0v) is 11.7. The summed E-state index contributed by atoms with van der Waals surface area (Å²) in [5, 5.41) is 6.29. The van der Waals surface area contributed by atoms with Crippen LogP contribution in [0.3, 0.4) is 0 Å². The molecule has 0 aliphatic heterocycles. The molecule has 2 heterocycles. The molecule has 0 fully saturated rings. The largest absolute Gasteiger partial charge is 0.444 e. The second-order valence-corrected chi connectivity index (χ2v) is 4.27. The fourth-order valence-electron chi connectivity index (χ4n) is 1.80. The maximum absolute atomic E-state index is 5.55. The Bertz CT molecular complexity index is 564. The number of nitrogens with zero attached hydrogens (tertiary/aromatic N) is 3. The minimum atomic E-state index is 0.514. The van der Waals surface area contributed by atoms with Crippen molar-refractivity contribution < 1.29 is 4.42 Å². The van der Waals surface area contributed by atoms with Crippen molar-refractivity contribution in [3.63, 3.8) is 0 Å². The zero-order chi connectivity index (χ0) is 13.8. The second-order valence-electron chi connectivity index (χ2n) is 4.27. The van der Waals surface area contributed by atoms with E-state index in [2.05, 4.69) is 25.6 Å². The van der Waals surface area contributed by atoms with E-state index in [-0.39, 0.29) is 0 Å². The Labute approximate surface area is 112 Å². The quantitative estimate of drug-likeness (QED) is 0.860. The molecule has 2 rings (SSSR count). The van der Waals surface area contributed by atoms with Gasteiger partial charge in [-0.05, 0) is 13.8 Å². The van der Waals surface area contributed by atoms with Crippen molar-refractivity contribution in [2.45, 2.75) is 33.7 Å². The monoisotopic (exact) mass is 261 g/mol. The molecule has 0 amide bonds. The van der Waals surface area contributed by atoms with Gasteiger partial charge >= 0.3 is 0 Å². The normalized spacial score (nSPS) is 10.5. The van der Waals surface area contributed by atoms with Crippen LogP contribution in [0, 0.1) is 13.8 Å². The molecule has 0 aromatic carbocycles. The fraction of sp³-hybridized carbons (Fsp3) is 0.462. The Hall–Kier alpha value is -2.11. The molecule has 6 nitrogen and oxygen atoms in total. The fourth-order valence-corrected chi connectivity index (χ4v) is 1.80. The van der Waals surface area contributed by atoms with E-state index in [4.69, 9.17) is 4.42 Å². The average Bonchev–Trinajstić information content (AvgIpc) is 2.87. The Kier molecular flexibility index (Phi) is 3.99. The van der Waals surface area contributed by atoms with Crippen LogP contribution in [-0.2, 0) is 13.0 Å². The molecule has 2 aromatic heterocycles. The highest BCUT2D eigenvalue weighted by atomic mass is 16.4. The van der Waals surface area contributed by atoms with Gasteiger partial charge in [0.25, 0.3) is 0 Å². The molecule has 2 aromatic rings. The Morgan fingerprint density at radius 3 is 2.58 bits per heavy atom. The zero-order valence-electron chi connectivity index (χ0n) is 11.7. The van der Waals surface area contributed by atoms with Gasteiger partial charge in [0.2, 0.25) is 5.89 Å². The van der Waals surface area contributed by atoms with Crippen LogP contribution in [0.25, 0.3) is 0 Å². The molecule has 0 unspecified atom stereocenters. The molecule has 0 aliphatic rings. The molecule has 0 spiro atoms. The smallest absolute Gasteiger partial charge is 0.213 e. The van der Waals surface area contributed by atoms with Crippen LogP contribution in [0.2, 0.25) is 0 Å². The van der Waals surface area contributed by atoms with Crippen LogP contribution in [0.1, 0.15) is 30.0 Å². The van der Waals surface area contributed by atoms with Crippen LogP contribution in [0.15, 0.2) is 10.6 Å². The first-order valence-corrected chi connectivity index (χ1v) is 6.34. The van der Waals surface area contributed by atoms with E-state index in [9.17, 15) is 0 Å². The van der Waals surface area contributed by atoms with E-state index in [0.29, 0.717) is 12.4 Å². The van der Waals surface area contributed by atoms with Crippen molar-refractivity contribution >= 4 is 11.6 Å². The Morgan fingerprint density at radius 1 is 1.21 bits per heavy atom. The molecule has 0 atom stereocenters. The molecule has 0 radical (unpaired) electrons. The molecular weight excluding hydrogens is 242 g/mol. The lowest BCUT2D eigenvalue weighted by atomic mass is 10.3. The summed E-state index contributed by atoms with van der Waals surface area (Å²) in [5.74, 6) is 3.91. The topological polar surface area (TPSA) is 75.9 Å². The predicted octanol–water partition coefficient (Wildman–Crippen LogP) is 2.30. The third kappa shape index (κ3) is 3.01. The van der Waals surface area contributed by atoms with Crippen LogP contribution in [0.5, 0.6) is 0 Å². The van der Waals surface area contributed by atoms with E-state index in [1.807, 2.05) is 27.8 Å². The number of hydrogen-bond donors (Lipinski definition) is 2. The van der Waals surface area contributed by atoms with Gasteiger partial charge in [-0.15, -0.1) is 0 Å². The van der Waals surface area contributed by atoms with Gasteiger partial charge in [0, 0.05) is 19.0 Å². The van der Waals surface area contributed by atoms with Crippen LogP contribution in [0.4, 0.5) is 11.6 Å². The highest BCUT2D eigenvalue weighted by Gasteiger charge is 2.09. The molecule has 102 valence electrons. The van der Waals surface area contributed by atoms with Gasteiger partial charge in [-0.25, -0.2) is 15.0 Å². The van der Waals surface area contributed by atoms with Crippen molar-refractivity contribution in [3.05, 3.63) is 29.2 Å². The molecule has 0 saturated carbocycles. The summed E-state index contributed by atoms with van der Waals surface area (Å²) in [5.41, 5.74) is 0.982. The third-order valence-electron chi connectivity index (χ3n) is 2.85. The SMILES string of the molecule is CCc1cnc(CNc2nc(C)nc(NC)c2C)o1. The molecule has 19 heavy (non-hydrogen) atoms. The van der Waals surface area contributed by atoms with E-state index in [0.717, 1.165) is 35.2 Å². The number of anilines is 2. The standard InChI is InChI=1S/C13H19N5O/c1-5-10-6-15-11(19-10)7-16-13-8(2)12(14-4)17-9(3)18-13/h6H,5,7H2,1-4H3,(H2,14,16,17,18). The summed E-state index contributed by atoms with van der Waals surface area (Å²) in [6, 6.07) is 0. The minimum absolute atomic E-state index is 0.514. The van der Waals surface area contributed by atoms with Gasteiger partial charge in [-0.3, -0.25) is 0 Å². The van der Waals surface area contributed by atoms with Crippen molar-refractivity contribution in [3.8, 4) is 0 Å². The molecule has 0 saturated heterocycles. The van der Waals surface area contributed by atoms with Crippen molar-refractivity contribution in [2.24, 2.45) is 0 Å². The first-order valence-electron chi connectivity index (χ1n) is 6.34. The lowest BCUT2D eigenvalue weighted by Gasteiger charge is -2.11. The lowest BCUT2D eigenvalue weighted by molar-refractivity contribution is 0.465. The van der Waals surface area contributed by atoms with Crippen LogP contribution >= 0.6 is 0 Å². The molecular formula is C13H19N5O. The summed E-state index contributed by atoms with van der Waals surface area (Å²) >= 11 is 0. The van der Waals surface area contributed by atoms with E-state index >= 15 is 0 Å². The highest BCUT2D eigenvalue weighted by Crippen LogP contribution is 2.19. The summed E-state index contributed by atoms with van der Waals surface area (Å²) in [6.45, 7) is 6.39. The second kappa shape index (κ2) is 5.69. The number of hydrogen-bond acceptors (Lipinski definition) is 6. The van der Waals surface area contributed by atoms with Crippen LogP contribution in [-0.4, -0.2) is 22.0 Å². The number of oxazole rings is 1. The number of nitrogens with one attached hydrogen (secondary N) is 2. The number of rotatable bonds is 5. The van der Waals surface area contributed by atoms with Gasteiger partial charge in [-0.1, -0.05) is 6.92 Å². The molecule has 6 heteroatoms. The summed E-state index contributed by atoms with van der Waals surface area (Å²) in [4.78, 5) is 12.9. The van der Waals surface area contributed by atoms with Gasteiger partial charge in [0.15, 0.2) is 0 Å². The van der Waals surface area contributed by atoms with E-state index < -0.39 is 0 Å². The summed E-state index contributed by atoms with van der Waals surface area (Å²) < 4.78 is 5.55. The summed E-state index contributed by atoms with van der Waals surface area (Å²) in [6.07, 6.45) is 2.61. The predicted molar refractivity (Wildman–Crippen MR) is 74.3 cm³/mol. The van der Waals surface area contributed by atoms with Crippen molar-refractivity contribution in [1.29, 1.82) is 0 Å². The first-order chi connectivity index (χ1) is 9.13. The maximum atomic E-state index is 5.55. The Balaban J connectivity index is 2.12. The third-order valence-corrected chi connectivity index (χ3v) is 2.85. The lowest BCUT2D eigenvalue weighted by Crippen LogP contribution is -2.08. The number of aromatic nitrogens is 3. The molecule has 0 bridgehead atoms. The minimum Gasteiger partial charge on any atom is -0.444 e.